The Morgan fingerprint density at radius 3 is 2.50 bits per heavy atom. The van der Waals surface area contributed by atoms with Crippen LogP contribution in [-0.4, -0.2) is 18.5 Å². The summed E-state index contributed by atoms with van der Waals surface area (Å²) in [7, 11) is -2.24. The van der Waals surface area contributed by atoms with Crippen molar-refractivity contribution in [3.05, 3.63) is 0 Å². The highest BCUT2D eigenvalue weighted by Crippen LogP contribution is 2.34. The van der Waals surface area contributed by atoms with Crippen LogP contribution in [0.3, 0.4) is 0 Å². The maximum absolute atomic E-state index is 10.4. The molecule has 0 rings (SSSR count). The molecule has 50 valence electrons. The van der Waals surface area contributed by atoms with Gasteiger partial charge < -0.3 is 9.42 Å². The van der Waals surface area contributed by atoms with Gasteiger partial charge >= 0.3 is 7.75 Å². The maximum atomic E-state index is 10.4. The van der Waals surface area contributed by atoms with Crippen LogP contribution in [0.25, 0.3) is 0 Å². The summed E-state index contributed by atoms with van der Waals surface area (Å²) in [5.41, 5.74) is 0. The largest absolute Gasteiger partial charge is 0.402 e. The standard InChI is InChI=1S/C3H10NO3P/c1-3-4-8(5,6)7-2/h3H2,1-2H3,(H2,4,5,6). The van der Waals surface area contributed by atoms with Crippen molar-refractivity contribution in [3.8, 4) is 0 Å². The first kappa shape index (κ1) is 8.11. The molecule has 0 aliphatic rings. The van der Waals surface area contributed by atoms with Gasteiger partial charge in [-0.1, -0.05) is 6.92 Å². The molecule has 0 aromatic rings. The van der Waals surface area contributed by atoms with Gasteiger partial charge in [0.15, 0.2) is 0 Å². The predicted molar refractivity (Wildman–Crippen MR) is 30.5 cm³/mol. The van der Waals surface area contributed by atoms with Crippen molar-refractivity contribution in [1.82, 2.24) is 5.09 Å². The Balaban J connectivity index is 3.55. The van der Waals surface area contributed by atoms with Crippen molar-refractivity contribution in [2.24, 2.45) is 0 Å². The SMILES string of the molecule is CCNP(=O)(O)OC. The van der Waals surface area contributed by atoms with Crippen molar-refractivity contribution >= 4 is 7.75 Å². The molecular formula is C3H10NO3P. The summed E-state index contributed by atoms with van der Waals surface area (Å²) in [4.78, 5) is 8.55. The van der Waals surface area contributed by atoms with Crippen LogP contribution in [0.15, 0.2) is 0 Å². The van der Waals surface area contributed by atoms with E-state index in [4.69, 9.17) is 4.89 Å². The van der Waals surface area contributed by atoms with Gasteiger partial charge in [-0.3, -0.25) is 0 Å². The Morgan fingerprint density at radius 2 is 2.38 bits per heavy atom. The minimum atomic E-state index is -3.42. The zero-order valence-corrected chi connectivity index (χ0v) is 5.81. The fourth-order valence-corrected chi connectivity index (χ4v) is 0.793. The highest BCUT2D eigenvalue weighted by atomic mass is 31.2. The van der Waals surface area contributed by atoms with E-state index < -0.39 is 7.75 Å². The molecular weight excluding hydrogens is 129 g/mol. The summed E-state index contributed by atoms with van der Waals surface area (Å²) < 4.78 is 14.6. The molecule has 0 aromatic heterocycles. The van der Waals surface area contributed by atoms with Gasteiger partial charge in [-0.25, -0.2) is 9.65 Å². The van der Waals surface area contributed by atoms with Crippen LogP contribution in [0.4, 0.5) is 0 Å². The van der Waals surface area contributed by atoms with Crippen LogP contribution in [0.2, 0.25) is 0 Å². The molecule has 0 heterocycles. The van der Waals surface area contributed by atoms with E-state index in [0.29, 0.717) is 6.54 Å². The fraction of sp³-hybridized carbons (Fsp3) is 1.00. The molecule has 4 nitrogen and oxygen atoms in total. The van der Waals surface area contributed by atoms with Gasteiger partial charge in [-0.15, -0.1) is 0 Å². The zero-order chi connectivity index (χ0) is 6.62. The van der Waals surface area contributed by atoms with Gasteiger partial charge in [0.25, 0.3) is 0 Å². The Morgan fingerprint density at radius 1 is 1.88 bits per heavy atom. The molecule has 0 amide bonds. The third-order valence-electron chi connectivity index (χ3n) is 0.605. The van der Waals surface area contributed by atoms with E-state index in [9.17, 15) is 4.57 Å². The molecule has 0 spiro atoms. The molecule has 0 aliphatic heterocycles. The maximum Gasteiger partial charge on any atom is 0.402 e. The fourth-order valence-electron chi connectivity index (χ4n) is 0.264. The molecule has 0 bridgehead atoms. The summed E-state index contributed by atoms with van der Waals surface area (Å²) in [6, 6.07) is 0. The Kier molecular flexibility index (Phi) is 3.24. The molecule has 5 heteroatoms. The van der Waals surface area contributed by atoms with E-state index in [1.54, 1.807) is 6.92 Å². The Labute approximate surface area is 48.4 Å². The van der Waals surface area contributed by atoms with Crippen LogP contribution in [-0.2, 0) is 9.09 Å². The molecule has 0 radical (unpaired) electrons. The van der Waals surface area contributed by atoms with E-state index in [1.807, 2.05) is 0 Å². The van der Waals surface area contributed by atoms with E-state index in [2.05, 4.69) is 9.61 Å². The molecule has 2 N–H and O–H groups in total. The van der Waals surface area contributed by atoms with Crippen molar-refractivity contribution in [2.75, 3.05) is 13.7 Å². The lowest BCUT2D eigenvalue weighted by Crippen LogP contribution is -2.09. The van der Waals surface area contributed by atoms with Crippen molar-refractivity contribution < 1.29 is 14.0 Å². The summed E-state index contributed by atoms with van der Waals surface area (Å²) in [5, 5.41) is 2.26. The monoisotopic (exact) mass is 139 g/mol. The summed E-state index contributed by atoms with van der Waals surface area (Å²) in [6.07, 6.45) is 0. The first-order valence-electron chi connectivity index (χ1n) is 2.26. The molecule has 8 heavy (non-hydrogen) atoms. The van der Waals surface area contributed by atoms with Gasteiger partial charge in [0.2, 0.25) is 0 Å². The lowest BCUT2D eigenvalue weighted by atomic mass is 10.8. The Hall–Kier alpha value is 0.110. The smallest absolute Gasteiger partial charge is 0.312 e. The molecule has 1 atom stereocenters. The zero-order valence-electron chi connectivity index (χ0n) is 4.92. The van der Waals surface area contributed by atoms with Gasteiger partial charge in [-0.2, -0.15) is 0 Å². The molecule has 0 saturated heterocycles. The minimum absolute atomic E-state index is 0.432. The van der Waals surface area contributed by atoms with Gasteiger partial charge in [-0.05, 0) is 0 Å². The van der Waals surface area contributed by atoms with Crippen LogP contribution in [0.1, 0.15) is 6.92 Å². The molecule has 0 aliphatic carbocycles. The highest BCUT2D eigenvalue weighted by molar-refractivity contribution is 7.50. The first-order valence-corrected chi connectivity index (χ1v) is 3.84. The van der Waals surface area contributed by atoms with Crippen molar-refractivity contribution in [2.45, 2.75) is 6.92 Å². The summed E-state index contributed by atoms with van der Waals surface area (Å²) in [6.45, 7) is 2.16. The van der Waals surface area contributed by atoms with Crippen molar-refractivity contribution in [1.29, 1.82) is 0 Å². The number of hydrogen-bond acceptors (Lipinski definition) is 2. The van der Waals surface area contributed by atoms with E-state index in [0.717, 1.165) is 0 Å². The second-order valence-electron chi connectivity index (χ2n) is 1.21. The second kappa shape index (κ2) is 3.20. The third kappa shape index (κ3) is 3.16. The number of rotatable bonds is 3. The predicted octanol–water partition coefficient (Wildman–Crippen LogP) is 0.343. The van der Waals surface area contributed by atoms with Crippen molar-refractivity contribution in [3.63, 3.8) is 0 Å². The molecule has 0 saturated carbocycles. The number of hydrogen-bond donors (Lipinski definition) is 2. The lowest BCUT2D eigenvalue weighted by molar-refractivity contribution is 0.304. The van der Waals surface area contributed by atoms with E-state index in [-0.39, 0.29) is 0 Å². The van der Waals surface area contributed by atoms with Crippen LogP contribution in [0, 0.1) is 0 Å². The quantitative estimate of drug-likeness (QED) is 0.553. The van der Waals surface area contributed by atoms with Gasteiger partial charge in [0.1, 0.15) is 0 Å². The Bertz CT molecular complexity index is 105. The first-order chi connectivity index (χ1) is 3.62. The average Bonchev–Trinajstić information content (AvgIpc) is 1.67. The molecule has 0 aromatic carbocycles. The number of nitrogens with one attached hydrogen (secondary N) is 1. The third-order valence-corrected chi connectivity index (χ3v) is 1.82. The topological polar surface area (TPSA) is 58.6 Å². The van der Waals surface area contributed by atoms with E-state index in [1.165, 1.54) is 7.11 Å². The average molecular weight is 139 g/mol. The van der Waals surface area contributed by atoms with Gasteiger partial charge in [0.05, 0.1) is 0 Å². The second-order valence-corrected chi connectivity index (χ2v) is 2.94. The van der Waals surface area contributed by atoms with Crippen LogP contribution in [0.5, 0.6) is 0 Å². The van der Waals surface area contributed by atoms with Crippen LogP contribution < -0.4 is 5.09 Å². The molecule has 0 fully saturated rings. The van der Waals surface area contributed by atoms with E-state index >= 15 is 0 Å². The highest BCUT2D eigenvalue weighted by Gasteiger charge is 2.12. The molecule has 1 unspecified atom stereocenters. The summed E-state index contributed by atoms with van der Waals surface area (Å²) >= 11 is 0. The normalized spacial score (nSPS) is 17.9. The lowest BCUT2D eigenvalue weighted by Gasteiger charge is -2.06. The minimum Gasteiger partial charge on any atom is -0.312 e. The van der Waals surface area contributed by atoms with Crippen LogP contribution >= 0.6 is 7.75 Å². The summed E-state index contributed by atoms with van der Waals surface area (Å²) in [5.74, 6) is 0. The van der Waals surface area contributed by atoms with Gasteiger partial charge in [0, 0.05) is 13.7 Å².